The van der Waals surface area contributed by atoms with Crippen molar-refractivity contribution in [2.75, 3.05) is 17.2 Å². The Labute approximate surface area is 121 Å². The number of thiazole rings is 1. The largest absolute Gasteiger partial charge is 0.375 e. The van der Waals surface area contributed by atoms with Crippen molar-refractivity contribution < 1.29 is 4.79 Å². The van der Waals surface area contributed by atoms with Crippen LogP contribution in [0.4, 0.5) is 10.8 Å². The lowest BCUT2D eigenvalue weighted by molar-refractivity contribution is -0.119. The number of rotatable bonds is 1. The van der Waals surface area contributed by atoms with Gasteiger partial charge in [0, 0.05) is 23.9 Å². The molecule has 0 spiro atoms. The molecule has 0 atom stereocenters. The predicted molar refractivity (Wildman–Crippen MR) is 81.0 cm³/mol. The lowest BCUT2D eigenvalue weighted by atomic mass is 9.89. The maximum absolute atomic E-state index is 12.0. The van der Waals surface area contributed by atoms with Crippen LogP contribution in [-0.2, 0) is 17.6 Å². The zero-order valence-corrected chi connectivity index (χ0v) is 11.9. The molecule has 0 unspecified atom stereocenters. The molecule has 5 heteroatoms. The minimum absolute atomic E-state index is 0.268. The van der Waals surface area contributed by atoms with E-state index in [0.717, 1.165) is 37.1 Å². The van der Waals surface area contributed by atoms with Crippen molar-refractivity contribution in [1.29, 1.82) is 0 Å². The van der Waals surface area contributed by atoms with Crippen molar-refractivity contribution in [3.05, 3.63) is 28.6 Å². The highest BCUT2D eigenvalue weighted by Gasteiger charge is 2.29. The number of carbonyl (C=O) groups is 1. The Morgan fingerprint density at radius 3 is 2.75 bits per heavy atom. The number of nitrogens with two attached hydrogens (primary N) is 1. The van der Waals surface area contributed by atoms with E-state index in [-0.39, 0.29) is 5.91 Å². The average molecular weight is 285 g/mol. The number of amides is 1. The fraction of sp³-hybridized carbons (Fsp3) is 0.333. The Bertz CT molecular complexity index is 690. The number of nitrogens with zero attached hydrogens (tertiary/aromatic N) is 2. The summed E-state index contributed by atoms with van der Waals surface area (Å²) in [6.07, 6.45) is 3.54. The fourth-order valence-electron chi connectivity index (χ4n) is 3.22. The Kier molecular flexibility index (Phi) is 2.57. The molecular formula is C15H15N3OS. The van der Waals surface area contributed by atoms with E-state index in [9.17, 15) is 4.79 Å². The highest BCUT2D eigenvalue weighted by molar-refractivity contribution is 7.13. The molecule has 4 nitrogen and oxygen atoms in total. The van der Waals surface area contributed by atoms with Crippen LogP contribution >= 0.6 is 11.3 Å². The second-order valence-corrected chi connectivity index (χ2v) is 6.25. The van der Waals surface area contributed by atoms with Gasteiger partial charge in [0.15, 0.2) is 5.13 Å². The van der Waals surface area contributed by atoms with Gasteiger partial charge < -0.3 is 10.6 Å². The highest BCUT2D eigenvalue weighted by Crippen LogP contribution is 2.39. The standard InChI is InChI=1S/C15H15N3OS/c16-15-17-12(8-20-15)11-6-9-2-1-5-18-13(19)4-3-10(7-11)14(9)18/h6-8H,1-5H2,(H2,16,17). The van der Waals surface area contributed by atoms with Gasteiger partial charge in [0.05, 0.1) is 11.4 Å². The third kappa shape index (κ3) is 1.73. The van der Waals surface area contributed by atoms with Crippen molar-refractivity contribution in [2.45, 2.75) is 25.7 Å². The summed E-state index contributed by atoms with van der Waals surface area (Å²) >= 11 is 1.47. The van der Waals surface area contributed by atoms with Gasteiger partial charge in [0.25, 0.3) is 0 Å². The first kappa shape index (κ1) is 11.9. The zero-order chi connectivity index (χ0) is 13.7. The molecular weight excluding hydrogens is 270 g/mol. The van der Waals surface area contributed by atoms with Gasteiger partial charge in [-0.25, -0.2) is 4.98 Å². The van der Waals surface area contributed by atoms with Gasteiger partial charge in [0.2, 0.25) is 5.91 Å². The number of aryl methyl sites for hydroxylation is 2. The topological polar surface area (TPSA) is 59.2 Å². The highest BCUT2D eigenvalue weighted by atomic mass is 32.1. The van der Waals surface area contributed by atoms with Crippen LogP contribution in [0, 0.1) is 0 Å². The van der Waals surface area contributed by atoms with Gasteiger partial charge in [-0.15, -0.1) is 11.3 Å². The van der Waals surface area contributed by atoms with Gasteiger partial charge in [-0.3, -0.25) is 4.79 Å². The smallest absolute Gasteiger partial charge is 0.227 e. The maximum Gasteiger partial charge on any atom is 0.227 e. The SMILES string of the molecule is Nc1nc(-c2cc3c4c(c2)CCC(=O)N4CCC3)cs1. The summed E-state index contributed by atoms with van der Waals surface area (Å²) in [5.41, 5.74) is 11.5. The van der Waals surface area contributed by atoms with Crippen LogP contribution in [0.25, 0.3) is 11.3 Å². The molecule has 3 heterocycles. The monoisotopic (exact) mass is 285 g/mol. The summed E-state index contributed by atoms with van der Waals surface area (Å²) in [5, 5.41) is 2.60. The summed E-state index contributed by atoms with van der Waals surface area (Å²) in [5.74, 6) is 0.268. The van der Waals surface area contributed by atoms with Crippen LogP contribution in [-0.4, -0.2) is 17.4 Å². The molecule has 102 valence electrons. The third-order valence-corrected chi connectivity index (χ3v) is 4.77. The van der Waals surface area contributed by atoms with Crippen LogP contribution in [0.15, 0.2) is 17.5 Å². The summed E-state index contributed by atoms with van der Waals surface area (Å²) in [7, 11) is 0. The van der Waals surface area contributed by atoms with Gasteiger partial charge in [-0.05, 0) is 42.5 Å². The lowest BCUT2D eigenvalue weighted by Gasteiger charge is -2.35. The van der Waals surface area contributed by atoms with Crippen molar-refractivity contribution in [3.63, 3.8) is 0 Å². The van der Waals surface area contributed by atoms with Crippen LogP contribution in [0.5, 0.6) is 0 Å². The molecule has 1 aromatic carbocycles. The van der Waals surface area contributed by atoms with Crippen molar-refractivity contribution in [2.24, 2.45) is 0 Å². The Hall–Kier alpha value is -1.88. The number of anilines is 2. The number of benzene rings is 1. The van der Waals surface area contributed by atoms with E-state index >= 15 is 0 Å². The van der Waals surface area contributed by atoms with Crippen molar-refractivity contribution >= 4 is 28.1 Å². The van der Waals surface area contributed by atoms with E-state index in [1.54, 1.807) is 0 Å². The molecule has 0 saturated carbocycles. The first-order valence-corrected chi connectivity index (χ1v) is 7.78. The van der Waals surface area contributed by atoms with Crippen LogP contribution in [0.1, 0.15) is 24.0 Å². The molecule has 2 aliphatic heterocycles. The predicted octanol–water partition coefficient (Wildman–Crippen LogP) is 2.62. The van der Waals surface area contributed by atoms with Crippen LogP contribution < -0.4 is 10.6 Å². The number of aromatic nitrogens is 1. The van der Waals surface area contributed by atoms with E-state index < -0.39 is 0 Å². The molecule has 20 heavy (non-hydrogen) atoms. The molecule has 4 rings (SSSR count). The molecule has 2 N–H and O–H groups in total. The molecule has 0 fully saturated rings. The Balaban J connectivity index is 1.88. The number of hydrogen-bond donors (Lipinski definition) is 1. The molecule has 1 amide bonds. The van der Waals surface area contributed by atoms with Gasteiger partial charge >= 0.3 is 0 Å². The summed E-state index contributed by atoms with van der Waals surface area (Å²) in [6, 6.07) is 4.36. The van der Waals surface area contributed by atoms with Gasteiger partial charge in [-0.1, -0.05) is 0 Å². The first-order valence-electron chi connectivity index (χ1n) is 6.90. The minimum atomic E-state index is 0.268. The second-order valence-electron chi connectivity index (χ2n) is 5.36. The first-order chi connectivity index (χ1) is 9.72. The van der Waals surface area contributed by atoms with Crippen molar-refractivity contribution in [1.82, 2.24) is 4.98 Å². The average Bonchev–Trinajstić information content (AvgIpc) is 2.89. The van der Waals surface area contributed by atoms with Gasteiger partial charge in [0.1, 0.15) is 0 Å². The van der Waals surface area contributed by atoms with E-state index in [1.807, 2.05) is 10.3 Å². The van der Waals surface area contributed by atoms with Crippen molar-refractivity contribution in [3.8, 4) is 11.3 Å². The van der Waals surface area contributed by atoms with E-state index in [2.05, 4.69) is 17.1 Å². The second kappa shape index (κ2) is 4.31. The van der Waals surface area contributed by atoms with E-state index in [4.69, 9.17) is 5.73 Å². The molecule has 0 bridgehead atoms. The zero-order valence-electron chi connectivity index (χ0n) is 11.1. The Morgan fingerprint density at radius 2 is 2.00 bits per heavy atom. The van der Waals surface area contributed by atoms with Gasteiger partial charge in [-0.2, -0.15) is 0 Å². The fourth-order valence-corrected chi connectivity index (χ4v) is 3.79. The molecule has 2 aromatic rings. The minimum Gasteiger partial charge on any atom is -0.375 e. The number of carbonyl (C=O) groups excluding carboxylic acids is 1. The molecule has 1 aromatic heterocycles. The summed E-state index contributed by atoms with van der Waals surface area (Å²) in [6.45, 7) is 0.863. The summed E-state index contributed by atoms with van der Waals surface area (Å²) < 4.78 is 0. The molecule has 2 aliphatic rings. The molecule has 0 aliphatic carbocycles. The third-order valence-electron chi connectivity index (χ3n) is 4.09. The summed E-state index contributed by atoms with van der Waals surface area (Å²) in [4.78, 5) is 18.4. The number of nitrogen functional groups attached to an aromatic ring is 1. The van der Waals surface area contributed by atoms with Crippen LogP contribution in [0.2, 0.25) is 0 Å². The number of hydrogen-bond acceptors (Lipinski definition) is 4. The molecule has 0 radical (unpaired) electrons. The maximum atomic E-state index is 12.0. The lowest BCUT2D eigenvalue weighted by Crippen LogP contribution is -2.39. The van der Waals surface area contributed by atoms with Crippen LogP contribution in [0.3, 0.4) is 0 Å². The normalized spacial score (nSPS) is 17.2. The molecule has 0 saturated heterocycles. The van der Waals surface area contributed by atoms with E-state index in [0.29, 0.717) is 11.6 Å². The Morgan fingerprint density at radius 1 is 1.20 bits per heavy atom. The van der Waals surface area contributed by atoms with E-state index in [1.165, 1.54) is 28.2 Å². The quantitative estimate of drug-likeness (QED) is 0.876.